The monoisotopic (exact) mass is 428 g/mol. The lowest BCUT2D eigenvalue weighted by Gasteiger charge is -2.36. The normalized spacial score (nSPS) is 19.2. The summed E-state index contributed by atoms with van der Waals surface area (Å²) in [7, 11) is 0. The Morgan fingerprint density at radius 2 is 1.53 bits per heavy atom. The maximum absolute atomic E-state index is 13.9. The van der Waals surface area contributed by atoms with E-state index in [0.717, 1.165) is 22.4 Å². The molecule has 164 valence electrons. The third-order valence-electron chi connectivity index (χ3n) is 6.40. The first-order chi connectivity index (χ1) is 15.5. The van der Waals surface area contributed by atoms with Crippen LogP contribution in [0.25, 0.3) is 0 Å². The second-order valence-electron chi connectivity index (χ2n) is 8.46. The highest BCUT2D eigenvalue weighted by molar-refractivity contribution is 6.03. The van der Waals surface area contributed by atoms with Gasteiger partial charge in [-0.05, 0) is 48.4 Å². The van der Waals surface area contributed by atoms with Crippen LogP contribution in [0, 0.1) is 5.92 Å². The number of anilines is 1. The summed E-state index contributed by atoms with van der Waals surface area (Å²) in [5, 5.41) is 10.1. The van der Waals surface area contributed by atoms with Crippen molar-refractivity contribution < 1.29 is 14.7 Å². The van der Waals surface area contributed by atoms with Gasteiger partial charge in [0.05, 0.1) is 12.5 Å². The molecule has 3 N–H and O–H groups in total. The van der Waals surface area contributed by atoms with Crippen LogP contribution >= 0.6 is 0 Å². The number of rotatable bonds is 7. The molecular weight excluding hydrogens is 400 g/mol. The minimum atomic E-state index is -1.49. The summed E-state index contributed by atoms with van der Waals surface area (Å²) in [6.45, 7) is 0.348. The minimum absolute atomic E-state index is 0.292. The molecule has 1 amide bonds. The summed E-state index contributed by atoms with van der Waals surface area (Å²) in [6, 6.07) is 27.2. The standard InChI is InChI=1S/C27H28N2O3/c28-27(23(25(30)31)16-15-20-9-3-1-4-10-20)18-17-22-13-7-8-14-24(22)29(26(27)32)19-21-11-5-2-6-12-21/h1-14,23H,15-19,28H2,(H,30,31)/t23-,27?/m1/s1. The van der Waals surface area contributed by atoms with Crippen LogP contribution in [-0.2, 0) is 29.0 Å². The van der Waals surface area contributed by atoms with Crippen molar-refractivity contribution in [2.75, 3.05) is 4.90 Å². The summed E-state index contributed by atoms with van der Waals surface area (Å²) in [5.74, 6) is -2.34. The van der Waals surface area contributed by atoms with E-state index in [2.05, 4.69) is 0 Å². The fraction of sp³-hybridized carbons (Fsp3) is 0.259. The lowest BCUT2D eigenvalue weighted by Crippen LogP contribution is -2.61. The summed E-state index contributed by atoms with van der Waals surface area (Å²) in [6.07, 6.45) is 1.70. The molecule has 5 nitrogen and oxygen atoms in total. The molecule has 0 radical (unpaired) electrons. The number of carboxylic acid groups (broad SMARTS) is 1. The smallest absolute Gasteiger partial charge is 0.308 e. The van der Waals surface area contributed by atoms with Crippen molar-refractivity contribution in [3.8, 4) is 0 Å². The van der Waals surface area contributed by atoms with E-state index in [9.17, 15) is 14.7 Å². The van der Waals surface area contributed by atoms with Crippen molar-refractivity contribution in [2.24, 2.45) is 11.7 Å². The van der Waals surface area contributed by atoms with Crippen LogP contribution in [-0.4, -0.2) is 22.5 Å². The van der Waals surface area contributed by atoms with Gasteiger partial charge in [0, 0.05) is 5.69 Å². The second kappa shape index (κ2) is 9.37. The summed E-state index contributed by atoms with van der Waals surface area (Å²) in [5.41, 5.74) is 9.09. The number of benzene rings is 3. The van der Waals surface area contributed by atoms with Gasteiger partial charge in [-0.2, -0.15) is 0 Å². The summed E-state index contributed by atoms with van der Waals surface area (Å²) < 4.78 is 0. The molecule has 1 aliphatic rings. The number of aliphatic carboxylic acids is 1. The topological polar surface area (TPSA) is 83.6 Å². The van der Waals surface area contributed by atoms with Crippen LogP contribution < -0.4 is 10.6 Å². The molecular formula is C27H28N2O3. The molecule has 0 fully saturated rings. The molecule has 0 aliphatic carbocycles. The van der Waals surface area contributed by atoms with Crippen LogP contribution in [0.5, 0.6) is 0 Å². The zero-order valence-electron chi connectivity index (χ0n) is 18.0. The number of nitrogens with two attached hydrogens (primary N) is 1. The van der Waals surface area contributed by atoms with E-state index in [1.54, 1.807) is 4.90 Å². The lowest BCUT2D eigenvalue weighted by atomic mass is 9.76. The van der Waals surface area contributed by atoms with E-state index in [4.69, 9.17) is 5.73 Å². The Morgan fingerprint density at radius 3 is 2.19 bits per heavy atom. The van der Waals surface area contributed by atoms with Crippen LogP contribution in [0.4, 0.5) is 5.69 Å². The van der Waals surface area contributed by atoms with Crippen molar-refractivity contribution in [1.29, 1.82) is 0 Å². The fourth-order valence-corrected chi connectivity index (χ4v) is 4.60. The average Bonchev–Trinajstić information content (AvgIpc) is 2.91. The molecule has 0 aromatic heterocycles. The maximum Gasteiger partial charge on any atom is 0.308 e. The van der Waals surface area contributed by atoms with E-state index in [-0.39, 0.29) is 5.91 Å². The molecule has 5 heteroatoms. The molecule has 3 aromatic rings. The third kappa shape index (κ3) is 4.43. The van der Waals surface area contributed by atoms with Crippen molar-refractivity contribution in [1.82, 2.24) is 0 Å². The number of hydrogen-bond donors (Lipinski definition) is 2. The number of nitrogens with zero attached hydrogens (tertiary/aromatic N) is 1. The van der Waals surface area contributed by atoms with Crippen molar-refractivity contribution in [3.05, 3.63) is 102 Å². The van der Waals surface area contributed by atoms with Crippen LogP contribution in [0.15, 0.2) is 84.9 Å². The molecule has 1 heterocycles. The molecule has 1 aliphatic heterocycles. The Labute approximate surface area is 188 Å². The molecule has 0 bridgehead atoms. The van der Waals surface area contributed by atoms with E-state index < -0.39 is 17.4 Å². The zero-order valence-corrected chi connectivity index (χ0v) is 18.0. The second-order valence-corrected chi connectivity index (χ2v) is 8.46. The zero-order chi connectivity index (χ0) is 22.6. The third-order valence-corrected chi connectivity index (χ3v) is 6.40. The van der Waals surface area contributed by atoms with Crippen molar-refractivity contribution in [2.45, 2.75) is 37.8 Å². The van der Waals surface area contributed by atoms with Gasteiger partial charge in [-0.1, -0.05) is 78.9 Å². The quantitative estimate of drug-likeness (QED) is 0.591. The number of aryl methyl sites for hydroxylation is 2. The molecule has 2 atom stereocenters. The largest absolute Gasteiger partial charge is 0.481 e. The van der Waals surface area contributed by atoms with Gasteiger partial charge >= 0.3 is 5.97 Å². The maximum atomic E-state index is 13.9. The number of fused-ring (bicyclic) bond motifs is 1. The average molecular weight is 429 g/mol. The highest BCUT2D eigenvalue weighted by Crippen LogP contribution is 2.36. The molecule has 0 saturated heterocycles. The Bertz CT molecular complexity index is 1080. The first-order valence-corrected chi connectivity index (χ1v) is 11.0. The van der Waals surface area contributed by atoms with E-state index in [0.29, 0.717) is 32.2 Å². The Kier molecular flexibility index (Phi) is 6.37. The van der Waals surface area contributed by atoms with Crippen LogP contribution in [0.1, 0.15) is 29.5 Å². The Balaban J connectivity index is 1.69. The fourth-order valence-electron chi connectivity index (χ4n) is 4.60. The van der Waals surface area contributed by atoms with Crippen molar-refractivity contribution in [3.63, 3.8) is 0 Å². The van der Waals surface area contributed by atoms with Crippen molar-refractivity contribution >= 4 is 17.6 Å². The van der Waals surface area contributed by atoms with Gasteiger partial charge in [0.1, 0.15) is 5.54 Å². The number of hydrogen-bond acceptors (Lipinski definition) is 3. The summed E-state index contributed by atoms with van der Waals surface area (Å²) >= 11 is 0. The number of amides is 1. The summed E-state index contributed by atoms with van der Waals surface area (Å²) in [4.78, 5) is 28.0. The highest BCUT2D eigenvalue weighted by Gasteiger charge is 2.49. The number of carbonyl (C=O) groups is 2. The van der Waals surface area contributed by atoms with E-state index >= 15 is 0 Å². The van der Waals surface area contributed by atoms with Crippen LogP contribution in [0.2, 0.25) is 0 Å². The van der Waals surface area contributed by atoms with Gasteiger partial charge in [-0.3, -0.25) is 9.59 Å². The SMILES string of the molecule is NC1([C@H](CCc2ccccc2)C(=O)O)CCc2ccccc2N(Cc2ccccc2)C1=O. The number of para-hydroxylation sites is 1. The Hall–Kier alpha value is -3.44. The highest BCUT2D eigenvalue weighted by atomic mass is 16.4. The van der Waals surface area contributed by atoms with E-state index in [1.165, 1.54) is 0 Å². The Morgan fingerprint density at radius 1 is 0.938 bits per heavy atom. The van der Waals surface area contributed by atoms with Gasteiger partial charge in [-0.15, -0.1) is 0 Å². The molecule has 3 aromatic carbocycles. The molecule has 0 spiro atoms. The van der Waals surface area contributed by atoms with Gasteiger partial charge in [0.25, 0.3) is 0 Å². The molecule has 32 heavy (non-hydrogen) atoms. The first-order valence-electron chi connectivity index (χ1n) is 11.0. The molecule has 0 saturated carbocycles. The molecule has 4 rings (SSSR count). The van der Waals surface area contributed by atoms with Gasteiger partial charge in [0.2, 0.25) is 5.91 Å². The molecule has 1 unspecified atom stereocenters. The van der Waals surface area contributed by atoms with Gasteiger partial charge in [0.15, 0.2) is 0 Å². The van der Waals surface area contributed by atoms with Gasteiger partial charge in [-0.25, -0.2) is 0 Å². The predicted octanol–water partition coefficient (Wildman–Crippen LogP) is 4.20. The number of carbonyl (C=O) groups excluding carboxylic acids is 1. The predicted molar refractivity (Wildman–Crippen MR) is 125 cm³/mol. The number of carboxylic acids is 1. The lowest BCUT2D eigenvalue weighted by molar-refractivity contribution is -0.148. The first kappa shape index (κ1) is 21.8. The minimum Gasteiger partial charge on any atom is -0.481 e. The van der Waals surface area contributed by atoms with E-state index in [1.807, 2.05) is 84.9 Å². The van der Waals surface area contributed by atoms with Crippen LogP contribution in [0.3, 0.4) is 0 Å². The van der Waals surface area contributed by atoms with Gasteiger partial charge < -0.3 is 15.7 Å².